The van der Waals surface area contributed by atoms with E-state index >= 15 is 0 Å². The van der Waals surface area contributed by atoms with Gasteiger partial charge in [0, 0.05) is 23.3 Å². The highest BCUT2D eigenvalue weighted by Gasteiger charge is 2.71. The molecule has 1 heterocycles. The van der Waals surface area contributed by atoms with E-state index in [0.717, 1.165) is 50.5 Å². The fraction of sp³-hybridized carbons (Fsp3) is 0.848. The zero-order valence-electron chi connectivity index (χ0n) is 26.7. The molecule has 0 saturated heterocycles. The predicted molar refractivity (Wildman–Crippen MR) is 155 cm³/mol. The first-order valence-corrected chi connectivity index (χ1v) is 15.8. The van der Waals surface area contributed by atoms with E-state index in [1.807, 2.05) is 42.3 Å². The Hall–Kier alpha value is -1.77. The van der Waals surface area contributed by atoms with Gasteiger partial charge in [-0.15, -0.1) is 0 Å². The van der Waals surface area contributed by atoms with Crippen LogP contribution in [0.5, 0.6) is 0 Å². The number of quaternary nitrogens is 2. The number of hydrogen-bond donors (Lipinski definition) is 1. The number of hydrogen-bond acceptors (Lipinski definition) is 6. The van der Waals surface area contributed by atoms with Crippen LogP contribution in [-0.4, -0.2) is 105 Å². The smallest absolute Gasteiger partial charge is 0.362 e. The van der Waals surface area contributed by atoms with Crippen LogP contribution in [0.1, 0.15) is 65.2 Å². The summed E-state index contributed by atoms with van der Waals surface area (Å²) in [5.74, 6) is 0.173. The number of carbonyl (C=O) groups excluding carboxylic acids is 3. The van der Waals surface area contributed by atoms with E-state index in [1.54, 1.807) is 6.08 Å². The van der Waals surface area contributed by atoms with Gasteiger partial charge in [0.2, 0.25) is 0 Å². The Morgan fingerprint density at radius 1 is 0.976 bits per heavy atom. The molecule has 0 aromatic heterocycles. The molecular weight excluding hydrogens is 520 g/mol. The molecule has 8 heteroatoms. The lowest BCUT2D eigenvalue weighted by molar-refractivity contribution is -0.862. The highest BCUT2D eigenvalue weighted by atomic mass is 16.5. The van der Waals surface area contributed by atoms with Crippen molar-refractivity contribution in [3.8, 4) is 0 Å². The van der Waals surface area contributed by atoms with E-state index in [9.17, 15) is 19.5 Å². The maximum absolute atomic E-state index is 13.9. The molecule has 41 heavy (non-hydrogen) atoms. The molecule has 0 aromatic carbocycles. The Balaban J connectivity index is 1.40. The topological polar surface area (TPSA) is 89.9 Å². The molecule has 5 rings (SSSR count). The maximum atomic E-state index is 13.9. The van der Waals surface area contributed by atoms with Crippen LogP contribution in [0.25, 0.3) is 0 Å². The minimum Gasteiger partial charge on any atom is -0.458 e. The number of fused-ring (bicyclic) bond motifs is 5. The highest BCUT2D eigenvalue weighted by molar-refractivity contribution is 5.87. The third-order valence-corrected chi connectivity index (χ3v) is 11.9. The third kappa shape index (κ3) is 5.42. The Morgan fingerprint density at radius 3 is 2.27 bits per heavy atom. The number of nitrogens with zero attached hydrogens (tertiary/aromatic N) is 2. The van der Waals surface area contributed by atoms with E-state index < -0.39 is 11.0 Å². The van der Waals surface area contributed by atoms with Gasteiger partial charge in [-0.2, -0.15) is 0 Å². The largest absolute Gasteiger partial charge is 0.458 e. The van der Waals surface area contributed by atoms with Crippen LogP contribution in [0.3, 0.4) is 0 Å². The fourth-order valence-corrected chi connectivity index (χ4v) is 10.1. The molecule has 5 aliphatic rings. The van der Waals surface area contributed by atoms with Gasteiger partial charge in [-0.25, -0.2) is 9.59 Å². The summed E-state index contributed by atoms with van der Waals surface area (Å²) in [7, 11) is 12.1. The van der Waals surface area contributed by atoms with Crippen LogP contribution in [0, 0.1) is 40.4 Å². The summed E-state index contributed by atoms with van der Waals surface area (Å²) < 4.78 is 12.4. The first-order valence-electron chi connectivity index (χ1n) is 15.8. The van der Waals surface area contributed by atoms with Crippen LogP contribution in [0.2, 0.25) is 0 Å². The first kappa shape index (κ1) is 30.7. The van der Waals surface area contributed by atoms with Gasteiger partial charge in [0.15, 0.2) is 12.3 Å². The second-order valence-electron chi connectivity index (χ2n) is 16.7. The molecule has 0 unspecified atom stereocenters. The van der Waals surface area contributed by atoms with Crippen LogP contribution in [0.15, 0.2) is 11.6 Å². The van der Waals surface area contributed by atoms with Crippen molar-refractivity contribution in [2.24, 2.45) is 40.4 Å². The van der Waals surface area contributed by atoms with Crippen molar-refractivity contribution in [2.75, 3.05) is 62.0 Å². The van der Waals surface area contributed by atoms with Crippen LogP contribution in [0.4, 0.5) is 0 Å². The van der Waals surface area contributed by atoms with Crippen molar-refractivity contribution in [3.63, 3.8) is 0 Å². The van der Waals surface area contributed by atoms with Crippen molar-refractivity contribution < 1.29 is 37.9 Å². The van der Waals surface area contributed by atoms with Gasteiger partial charge < -0.3 is 23.5 Å². The molecule has 1 N–H and O–H groups in total. The molecule has 9 atom stereocenters. The maximum Gasteiger partial charge on any atom is 0.362 e. The molecule has 0 radical (unpaired) electrons. The number of aliphatic hydroxyl groups is 1. The van der Waals surface area contributed by atoms with Gasteiger partial charge >= 0.3 is 11.9 Å². The van der Waals surface area contributed by atoms with Gasteiger partial charge in [0.1, 0.15) is 19.3 Å². The Labute approximate surface area is 246 Å². The molecule has 4 saturated carbocycles. The first-order chi connectivity index (χ1) is 18.9. The third-order valence-electron chi connectivity index (χ3n) is 11.9. The summed E-state index contributed by atoms with van der Waals surface area (Å²) in [6, 6.07) is 0. The average molecular weight is 575 g/mol. The number of ether oxygens (including phenoxy) is 2. The number of Topliss-reactive ketones (excluding diaryl/α,β-unsaturated/α-hetero) is 1. The zero-order chi connectivity index (χ0) is 30.2. The van der Waals surface area contributed by atoms with Crippen molar-refractivity contribution in [1.29, 1.82) is 0 Å². The van der Waals surface area contributed by atoms with Crippen molar-refractivity contribution >= 4 is 17.7 Å². The lowest BCUT2D eigenvalue weighted by Crippen LogP contribution is -2.62. The molecule has 0 aromatic rings. The van der Waals surface area contributed by atoms with Crippen molar-refractivity contribution in [2.45, 2.75) is 76.9 Å². The lowest BCUT2D eigenvalue weighted by Gasteiger charge is -2.63. The van der Waals surface area contributed by atoms with E-state index in [2.05, 4.69) is 13.8 Å². The van der Waals surface area contributed by atoms with Crippen LogP contribution < -0.4 is 0 Å². The summed E-state index contributed by atoms with van der Waals surface area (Å²) in [4.78, 5) is 38.6. The quantitative estimate of drug-likeness (QED) is 0.371. The summed E-state index contributed by atoms with van der Waals surface area (Å²) >= 11 is 0. The molecular formula is C33H54N2O6+2. The molecule has 0 amide bonds. The summed E-state index contributed by atoms with van der Waals surface area (Å²) in [5, 5.41) is 12.9. The Kier molecular flexibility index (Phi) is 7.60. The monoisotopic (exact) mass is 574 g/mol. The Bertz CT molecular complexity index is 1120. The van der Waals surface area contributed by atoms with Crippen LogP contribution in [-0.2, 0) is 23.9 Å². The molecule has 0 bridgehead atoms. The molecule has 230 valence electrons. The predicted octanol–water partition coefficient (Wildman–Crippen LogP) is 3.36. The minimum atomic E-state index is -0.972. The number of carbonyl (C=O) groups is 3. The van der Waals surface area contributed by atoms with E-state index in [1.165, 1.54) is 0 Å². The van der Waals surface area contributed by atoms with Gasteiger partial charge in [-0.05, 0) is 80.1 Å². The van der Waals surface area contributed by atoms with Gasteiger partial charge in [0.25, 0.3) is 0 Å². The second-order valence-corrected chi connectivity index (χ2v) is 16.7. The zero-order valence-corrected chi connectivity index (χ0v) is 26.7. The normalized spacial score (nSPS) is 42.5. The summed E-state index contributed by atoms with van der Waals surface area (Å²) in [5.41, 5.74) is -0.488. The molecule has 1 aliphatic heterocycles. The molecule has 8 nitrogen and oxygen atoms in total. The Morgan fingerprint density at radius 2 is 1.66 bits per heavy atom. The van der Waals surface area contributed by atoms with Gasteiger partial charge in [-0.3, -0.25) is 4.79 Å². The van der Waals surface area contributed by atoms with Crippen LogP contribution >= 0.6 is 0 Å². The van der Waals surface area contributed by atoms with E-state index in [4.69, 9.17) is 9.47 Å². The lowest BCUT2D eigenvalue weighted by atomic mass is 9.43. The number of cyclic esters (lactones) is 1. The van der Waals surface area contributed by atoms with Crippen molar-refractivity contribution in [3.05, 3.63) is 11.6 Å². The number of ketones is 1. The fourth-order valence-electron chi connectivity index (χ4n) is 10.1. The minimum absolute atomic E-state index is 0.0270. The second kappa shape index (κ2) is 10.2. The van der Waals surface area contributed by atoms with Gasteiger partial charge in [0.05, 0.1) is 47.9 Å². The van der Waals surface area contributed by atoms with E-state index in [0.29, 0.717) is 40.3 Å². The molecule has 4 aliphatic carbocycles. The van der Waals surface area contributed by atoms with Crippen molar-refractivity contribution in [1.82, 2.24) is 0 Å². The average Bonchev–Trinajstić information content (AvgIpc) is 3.34. The summed E-state index contributed by atoms with van der Waals surface area (Å²) in [6.07, 6.45) is 8.57. The number of likely N-dealkylation sites (N-methyl/N-ethyl adjacent to an activating group) is 2. The number of esters is 2. The standard InChI is InChI=1S/C33H54N2O6/c1-31-13-11-23(41-29(38)19-35(6,7)8)16-22(31)9-10-26-25(31)12-14-32(2)30(21-15-28(37)40-20-21)24(17-33(26,32)39)27(36)18-34(3,4)5/h15,22-26,30,39H,9-14,16-20H2,1-8H3/q+2/t22-,23-,24-,25-,26+,30+,31-,32+,33-/m0/s1. The van der Waals surface area contributed by atoms with Gasteiger partial charge in [-0.1, -0.05) is 13.8 Å². The summed E-state index contributed by atoms with van der Waals surface area (Å²) in [6.45, 7) is 5.61. The molecule has 4 fully saturated rings. The van der Waals surface area contributed by atoms with E-state index in [-0.39, 0.29) is 53.6 Å². The highest BCUT2D eigenvalue weighted by Crippen LogP contribution is 2.71. The molecule has 0 spiro atoms. The SMILES string of the molecule is C[C@]12CC[C@H](OC(=O)C[N+](C)(C)C)C[C@@H]1CC[C@@H]1[C@@H]2CC[C@]2(C)[C@H](C3=CC(=O)OC3)[C@H](C(=O)C[N+](C)(C)C)C[C@]12O. The number of rotatable bonds is 7.